The highest BCUT2D eigenvalue weighted by Gasteiger charge is 2.30. The molecule has 0 unspecified atom stereocenters. The third-order valence-electron chi connectivity index (χ3n) is 6.19. The van der Waals surface area contributed by atoms with Crippen molar-refractivity contribution in [2.24, 2.45) is 5.92 Å². The highest BCUT2D eigenvalue weighted by Crippen LogP contribution is 2.34. The minimum Gasteiger partial charge on any atom is -0.339 e. The van der Waals surface area contributed by atoms with E-state index < -0.39 is 9.84 Å². The molecule has 0 bridgehead atoms. The van der Waals surface area contributed by atoms with Crippen molar-refractivity contribution >= 4 is 27.5 Å². The molecule has 2 heterocycles. The first-order valence-electron chi connectivity index (χ1n) is 10.8. The van der Waals surface area contributed by atoms with Gasteiger partial charge in [0.25, 0.3) is 5.91 Å². The number of likely N-dealkylation sites (tertiary alicyclic amines) is 1. The van der Waals surface area contributed by atoms with Crippen molar-refractivity contribution in [1.82, 2.24) is 4.90 Å². The van der Waals surface area contributed by atoms with Crippen LogP contribution in [0.3, 0.4) is 0 Å². The molecule has 160 valence electrons. The first-order chi connectivity index (χ1) is 14.5. The molecule has 0 aromatic heterocycles. The molecule has 30 heavy (non-hydrogen) atoms. The molecular formula is C24H29NO3S2. The number of amides is 1. The van der Waals surface area contributed by atoms with Crippen molar-refractivity contribution in [3.8, 4) is 0 Å². The number of nitrogens with zero attached hydrogens (tertiary/aromatic N) is 1. The second kappa shape index (κ2) is 9.56. The number of carbonyl (C=O) groups excluding carboxylic acids is 1. The molecule has 2 aliphatic rings. The highest BCUT2D eigenvalue weighted by atomic mass is 32.2. The van der Waals surface area contributed by atoms with Crippen molar-refractivity contribution in [2.75, 3.05) is 24.6 Å². The van der Waals surface area contributed by atoms with E-state index >= 15 is 0 Å². The van der Waals surface area contributed by atoms with Gasteiger partial charge < -0.3 is 4.90 Å². The first kappa shape index (κ1) is 21.4. The number of rotatable bonds is 6. The van der Waals surface area contributed by atoms with Gasteiger partial charge in [-0.25, -0.2) is 8.42 Å². The summed E-state index contributed by atoms with van der Waals surface area (Å²) in [4.78, 5) is 16.1. The molecular weight excluding hydrogens is 414 g/mol. The number of thioether (sulfide) groups is 1. The lowest BCUT2D eigenvalue weighted by Gasteiger charge is -2.32. The van der Waals surface area contributed by atoms with Crippen LogP contribution in [0.15, 0.2) is 59.5 Å². The van der Waals surface area contributed by atoms with Crippen LogP contribution in [-0.2, 0) is 16.3 Å². The molecule has 0 N–H and O–H groups in total. The van der Waals surface area contributed by atoms with Crippen molar-refractivity contribution in [1.29, 1.82) is 0 Å². The molecule has 2 fully saturated rings. The van der Waals surface area contributed by atoms with Crippen LogP contribution in [0.2, 0.25) is 0 Å². The Hall–Kier alpha value is -1.79. The second-order valence-electron chi connectivity index (χ2n) is 8.40. The Morgan fingerprint density at radius 2 is 1.67 bits per heavy atom. The zero-order valence-electron chi connectivity index (χ0n) is 17.2. The molecule has 6 heteroatoms. The number of carbonyl (C=O) groups is 1. The van der Waals surface area contributed by atoms with Crippen LogP contribution in [0.25, 0.3) is 0 Å². The van der Waals surface area contributed by atoms with Gasteiger partial charge in [0, 0.05) is 23.2 Å². The summed E-state index contributed by atoms with van der Waals surface area (Å²) in [5, 5.41) is 0.0488. The van der Waals surface area contributed by atoms with Crippen LogP contribution >= 0.6 is 11.8 Å². The molecule has 1 atom stereocenters. The van der Waals surface area contributed by atoms with Crippen molar-refractivity contribution in [3.63, 3.8) is 0 Å². The Labute approximate surface area is 184 Å². The quantitative estimate of drug-likeness (QED) is 0.662. The average molecular weight is 444 g/mol. The Bertz CT molecular complexity index is 967. The van der Waals surface area contributed by atoms with Gasteiger partial charge in [0.1, 0.15) is 0 Å². The summed E-state index contributed by atoms with van der Waals surface area (Å²) in [6.45, 7) is 1.60. The minimum atomic E-state index is -2.92. The van der Waals surface area contributed by atoms with E-state index in [1.54, 1.807) is 11.8 Å². The molecule has 2 aliphatic heterocycles. The largest absolute Gasteiger partial charge is 0.339 e. The molecule has 1 amide bonds. The lowest BCUT2D eigenvalue weighted by Crippen LogP contribution is -2.38. The number of aryl methyl sites for hydroxylation is 1. The standard InChI is InChI=1S/C24H29NO3S2/c26-24(22-8-4-5-9-23(22)29-21-14-17-30(27,28)18-21)25-15-12-20(13-16-25)11-10-19-6-2-1-3-7-19/h1-9,20-21H,10-18H2/t21-/m0/s1. The third-order valence-corrected chi connectivity index (χ3v) is 9.51. The summed E-state index contributed by atoms with van der Waals surface area (Å²) >= 11 is 1.55. The van der Waals surface area contributed by atoms with Crippen molar-refractivity contribution < 1.29 is 13.2 Å². The van der Waals surface area contributed by atoms with Gasteiger partial charge in [-0.3, -0.25) is 4.79 Å². The second-order valence-corrected chi connectivity index (χ2v) is 12.0. The Kier molecular flexibility index (Phi) is 6.84. The highest BCUT2D eigenvalue weighted by molar-refractivity contribution is 8.02. The zero-order valence-corrected chi connectivity index (χ0v) is 18.8. The molecule has 0 radical (unpaired) electrons. The zero-order chi connectivity index (χ0) is 21.0. The molecule has 2 aromatic carbocycles. The number of sulfone groups is 1. The van der Waals surface area contributed by atoms with Crippen LogP contribution in [0.5, 0.6) is 0 Å². The number of benzene rings is 2. The predicted molar refractivity (Wildman–Crippen MR) is 123 cm³/mol. The summed E-state index contributed by atoms with van der Waals surface area (Å²) < 4.78 is 23.6. The maximum atomic E-state index is 13.2. The van der Waals surface area contributed by atoms with E-state index in [9.17, 15) is 13.2 Å². The SMILES string of the molecule is O=C(c1ccccc1S[C@H]1CCS(=O)(=O)C1)N1CCC(CCc2ccccc2)CC1. The maximum Gasteiger partial charge on any atom is 0.254 e. The normalized spacial score (nSPS) is 21.6. The smallest absolute Gasteiger partial charge is 0.254 e. The van der Waals surface area contributed by atoms with Gasteiger partial charge in [0.05, 0.1) is 17.1 Å². The average Bonchev–Trinajstić information content (AvgIpc) is 3.11. The Morgan fingerprint density at radius 1 is 0.967 bits per heavy atom. The van der Waals surface area contributed by atoms with E-state index in [0.29, 0.717) is 12.3 Å². The Balaban J connectivity index is 1.33. The van der Waals surface area contributed by atoms with Crippen LogP contribution < -0.4 is 0 Å². The number of hydrogen-bond acceptors (Lipinski definition) is 4. The first-order valence-corrected chi connectivity index (χ1v) is 13.5. The lowest BCUT2D eigenvalue weighted by atomic mass is 9.90. The summed E-state index contributed by atoms with van der Waals surface area (Å²) in [6.07, 6.45) is 5.05. The van der Waals surface area contributed by atoms with Crippen LogP contribution in [0, 0.1) is 5.92 Å². The molecule has 0 spiro atoms. The summed E-state index contributed by atoms with van der Waals surface area (Å²) in [7, 11) is -2.92. The van der Waals surface area contributed by atoms with E-state index in [2.05, 4.69) is 30.3 Å². The van der Waals surface area contributed by atoms with Crippen LogP contribution in [-0.4, -0.2) is 49.1 Å². The molecule has 0 aliphatic carbocycles. The van der Waals surface area contributed by atoms with Gasteiger partial charge in [-0.2, -0.15) is 0 Å². The molecule has 4 rings (SSSR count). The maximum absolute atomic E-state index is 13.2. The molecule has 4 nitrogen and oxygen atoms in total. The lowest BCUT2D eigenvalue weighted by molar-refractivity contribution is 0.0683. The molecule has 2 saturated heterocycles. The van der Waals surface area contributed by atoms with Gasteiger partial charge in [-0.15, -0.1) is 11.8 Å². The van der Waals surface area contributed by atoms with Gasteiger partial charge >= 0.3 is 0 Å². The van der Waals surface area contributed by atoms with Gasteiger partial charge in [0.15, 0.2) is 9.84 Å². The number of piperidine rings is 1. The fraction of sp³-hybridized carbons (Fsp3) is 0.458. The summed E-state index contributed by atoms with van der Waals surface area (Å²) in [6, 6.07) is 18.3. The molecule has 2 aromatic rings. The monoisotopic (exact) mass is 443 g/mol. The fourth-order valence-corrected chi connectivity index (χ4v) is 8.01. The molecule has 0 saturated carbocycles. The number of hydrogen-bond donors (Lipinski definition) is 0. The summed E-state index contributed by atoms with van der Waals surface area (Å²) in [5.41, 5.74) is 2.10. The minimum absolute atomic E-state index is 0.0488. The van der Waals surface area contributed by atoms with Crippen LogP contribution in [0.1, 0.15) is 41.6 Å². The van der Waals surface area contributed by atoms with Gasteiger partial charge in [-0.1, -0.05) is 42.5 Å². The third kappa shape index (κ3) is 5.46. The van der Waals surface area contributed by atoms with E-state index in [4.69, 9.17) is 0 Å². The van der Waals surface area contributed by atoms with Crippen molar-refractivity contribution in [2.45, 2.75) is 42.2 Å². The Morgan fingerprint density at radius 3 is 2.37 bits per heavy atom. The van der Waals surface area contributed by atoms with E-state index in [0.717, 1.165) is 42.8 Å². The fourth-order valence-electron chi connectivity index (χ4n) is 4.39. The van der Waals surface area contributed by atoms with Crippen molar-refractivity contribution in [3.05, 3.63) is 65.7 Å². The van der Waals surface area contributed by atoms with Gasteiger partial charge in [0.2, 0.25) is 0 Å². The van der Waals surface area contributed by atoms with E-state index in [1.165, 1.54) is 12.0 Å². The van der Waals surface area contributed by atoms with E-state index in [-0.39, 0.29) is 22.7 Å². The van der Waals surface area contributed by atoms with E-state index in [1.807, 2.05) is 29.2 Å². The topological polar surface area (TPSA) is 54.5 Å². The summed E-state index contributed by atoms with van der Waals surface area (Å²) in [5.74, 6) is 1.23. The van der Waals surface area contributed by atoms with Crippen LogP contribution in [0.4, 0.5) is 0 Å². The predicted octanol–water partition coefficient (Wildman–Crippen LogP) is 4.45. The van der Waals surface area contributed by atoms with Gasteiger partial charge in [-0.05, 0) is 55.7 Å².